The summed E-state index contributed by atoms with van der Waals surface area (Å²) in [4.78, 5) is 11.6. The van der Waals surface area contributed by atoms with Gasteiger partial charge >= 0.3 is 0 Å². The van der Waals surface area contributed by atoms with Crippen LogP contribution in [-0.2, 0) is 44.7 Å². The predicted molar refractivity (Wildman–Crippen MR) is 362 cm³/mol. The molecular formula is C82H74N3OPt-. The van der Waals surface area contributed by atoms with Crippen LogP contribution < -0.4 is 0 Å². The Kier molecular flexibility index (Phi) is 15.4. The zero-order chi connectivity index (χ0) is 59.9. The van der Waals surface area contributed by atoms with Crippen LogP contribution in [0.15, 0.2) is 200 Å². The van der Waals surface area contributed by atoms with Crippen molar-refractivity contribution in [3.05, 3.63) is 262 Å². The van der Waals surface area contributed by atoms with E-state index in [2.05, 4.69) is 282 Å². The zero-order valence-corrected chi connectivity index (χ0v) is 54.3. The van der Waals surface area contributed by atoms with Crippen LogP contribution in [0.5, 0.6) is 5.75 Å². The molecule has 0 amide bonds. The average Bonchev–Trinajstić information content (AvgIpc) is 1.85. The molecule has 0 atom stereocenters. The van der Waals surface area contributed by atoms with E-state index in [1.54, 1.807) is 6.07 Å². The summed E-state index contributed by atoms with van der Waals surface area (Å²) < 4.78 is 2.35. The van der Waals surface area contributed by atoms with Crippen molar-refractivity contribution in [3.63, 3.8) is 0 Å². The van der Waals surface area contributed by atoms with E-state index >= 15 is 0 Å². The van der Waals surface area contributed by atoms with E-state index in [1.807, 2.05) is 6.07 Å². The summed E-state index contributed by atoms with van der Waals surface area (Å²) in [5.41, 5.74) is 32.3. The first-order valence-electron chi connectivity index (χ1n) is 30.4. The number of aromatic hydroxyl groups is 1. The van der Waals surface area contributed by atoms with Crippen molar-refractivity contribution >= 4 is 11.0 Å². The Morgan fingerprint density at radius 2 is 0.897 bits per heavy atom. The normalized spacial score (nSPS) is 12.2. The molecule has 10 aromatic carbocycles. The number of nitrogens with zero attached hydrogens (tertiary/aromatic N) is 3. The summed E-state index contributed by atoms with van der Waals surface area (Å²) in [6, 6.07) is 78.0. The SMILES string of the molecule is Cc1cc(C)cc(-c2cccc(-c3cc(C)cc(C)c3)c2-c2[c-]c(-c3c(-c4c(-c5cccc(C(C)(C)C)c5)cccc4-c4cccc(C(C)(C)C)c4)ccc4c3nc(-c3ccc5c(n3)-c3c(O)cccc3CC5)n4-c3c(C)cccc3C)ccc2)c1.[Pt]. The molecule has 0 saturated heterocycles. The average molecular weight is 1310 g/mol. The number of phenolic OH excluding ortho intramolecular Hbond substituents is 1. The Morgan fingerprint density at radius 1 is 0.414 bits per heavy atom. The van der Waals surface area contributed by atoms with Gasteiger partial charge in [0.1, 0.15) is 11.4 Å². The Bertz CT molecular complexity index is 4490. The van der Waals surface area contributed by atoms with E-state index in [1.165, 1.54) is 44.5 Å². The van der Waals surface area contributed by atoms with Gasteiger partial charge in [0, 0.05) is 26.6 Å². The summed E-state index contributed by atoms with van der Waals surface area (Å²) in [7, 11) is 0. The molecule has 13 rings (SSSR count). The van der Waals surface area contributed by atoms with E-state index in [-0.39, 0.29) is 37.6 Å². The van der Waals surface area contributed by atoms with Gasteiger partial charge in [-0.2, -0.15) is 0 Å². The second-order valence-electron chi connectivity index (χ2n) is 26.2. The number of para-hydroxylation sites is 1. The molecule has 4 nitrogen and oxygen atoms in total. The molecule has 1 N–H and O–H groups in total. The van der Waals surface area contributed by atoms with Crippen LogP contribution in [0.2, 0.25) is 0 Å². The molecule has 0 aliphatic heterocycles. The van der Waals surface area contributed by atoms with Crippen molar-refractivity contribution < 1.29 is 26.2 Å². The molecule has 87 heavy (non-hydrogen) atoms. The number of benzene rings is 10. The molecule has 0 bridgehead atoms. The van der Waals surface area contributed by atoms with E-state index in [0.29, 0.717) is 0 Å². The van der Waals surface area contributed by atoms with Crippen LogP contribution in [0.25, 0.3) is 117 Å². The fraction of sp³-hybridized carbons (Fsp3) is 0.195. The predicted octanol–water partition coefficient (Wildman–Crippen LogP) is 21.5. The first-order chi connectivity index (χ1) is 41.3. The van der Waals surface area contributed by atoms with E-state index < -0.39 is 0 Å². The summed E-state index contributed by atoms with van der Waals surface area (Å²) in [5.74, 6) is 0.966. The van der Waals surface area contributed by atoms with E-state index in [9.17, 15) is 5.11 Å². The topological polar surface area (TPSA) is 50.9 Å². The van der Waals surface area contributed by atoms with Crippen molar-refractivity contribution in [1.82, 2.24) is 14.5 Å². The minimum Gasteiger partial charge on any atom is -0.507 e. The van der Waals surface area contributed by atoms with Crippen molar-refractivity contribution in [1.29, 1.82) is 0 Å². The maximum atomic E-state index is 11.6. The molecule has 0 unspecified atom stereocenters. The van der Waals surface area contributed by atoms with Gasteiger partial charge in [0.25, 0.3) is 0 Å². The number of aryl methyl sites for hydroxylation is 8. The van der Waals surface area contributed by atoms with Gasteiger partial charge in [-0.1, -0.05) is 233 Å². The number of pyridine rings is 1. The van der Waals surface area contributed by atoms with Gasteiger partial charge in [-0.25, -0.2) is 9.97 Å². The zero-order valence-electron chi connectivity index (χ0n) is 52.1. The molecule has 0 saturated carbocycles. The third kappa shape index (κ3) is 10.9. The van der Waals surface area contributed by atoms with Gasteiger partial charge in [-0.15, -0.1) is 35.4 Å². The van der Waals surface area contributed by atoms with Gasteiger partial charge in [-0.3, -0.25) is 4.57 Å². The number of aromatic nitrogens is 3. The first kappa shape index (κ1) is 58.7. The molecule has 1 aliphatic carbocycles. The quantitative estimate of drug-likeness (QED) is 0.147. The first-order valence-corrected chi connectivity index (χ1v) is 30.4. The number of rotatable bonds is 9. The van der Waals surface area contributed by atoms with Crippen LogP contribution in [0, 0.1) is 47.6 Å². The van der Waals surface area contributed by atoms with Crippen LogP contribution >= 0.6 is 0 Å². The third-order valence-corrected chi connectivity index (χ3v) is 17.6. The van der Waals surface area contributed by atoms with Gasteiger partial charge < -0.3 is 5.11 Å². The second kappa shape index (κ2) is 22.9. The van der Waals surface area contributed by atoms with E-state index in [0.717, 1.165) is 141 Å². The van der Waals surface area contributed by atoms with Gasteiger partial charge in [0.15, 0.2) is 5.82 Å². The molecule has 2 aromatic heterocycles. The summed E-state index contributed by atoms with van der Waals surface area (Å²) in [5, 5.41) is 11.6. The molecule has 2 heterocycles. The van der Waals surface area contributed by atoms with Gasteiger partial charge in [0.2, 0.25) is 0 Å². The largest absolute Gasteiger partial charge is 0.507 e. The Hall–Kier alpha value is -8.69. The molecule has 12 aromatic rings. The molecule has 1 aliphatic rings. The second-order valence-corrected chi connectivity index (χ2v) is 26.2. The molecule has 5 heteroatoms. The third-order valence-electron chi connectivity index (χ3n) is 17.6. The van der Waals surface area contributed by atoms with Crippen molar-refractivity contribution in [2.75, 3.05) is 0 Å². The van der Waals surface area contributed by atoms with Crippen LogP contribution in [0.4, 0.5) is 0 Å². The van der Waals surface area contributed by atoms with Crippen molar-refractivity contribution in [2.24, 2.45) is 0 Å². The van der Waals surface area contributed by atoms with Crippen LogP contribution in [0.3, 0.4) is 0 Å². The number of hydrogen-bond donors (Lipinski definition) is 1. The summed E-state index contributed by atoms with van der Waals surface area (Å²) in [6.07, 6.45) is 1.68. The van der Waals surface area contributed by atoms with Crippen LogP contribution in [0.1, 0.15) is 97.2 Å². The van der Waals surface area contributed by atoms with Crippen molar-refractivity contribution in [3.8, 4) is 112 Å². The maximum absolute atomic E-state index is 11.6. The number of hydrogen-bond acceptors (Lipinski definition) is 3. The van der Waals surface area contributed by atoms with E-state index in [4.69, 9.17) is 9.97 Å². The number of fused-ring (bicyclic) bond motifs is 4. The Morgan fingerprint density at radius 3 is 1.45 bits per heavy atom. The Labute approximate surface area is 529 Å². The molecule has 0 spiro atoms. The molecule has 434 valence electrons. The fourth-order valence-corrected chi connectivity index (χ4v) is 13.5. The summed E-state index contributed by atoms with van der Waals surface area (Å²) >= 11 is 0. The minimum atomic E-state index is -0.0831. The number of imidazole rings is 1. The molecule has 0 fully saturated rings. The summed E-state index contributed by atoms with van der Waals surface area (Å²) in [6.45, 7) is 26.9. The van der Waals surface area contributed by atoms with Gasteiger partial charge in [-0.05, 0) is 178 Å². The smallest absolute Gasteiger partial charge is 0.163 e. The molecular weight excluding hydrogens is 1240 g/mol. The standard InChI is InChI=1S/C82H74N3O.Pt/c1-49-40-50(2)43-61(42-49)67-31-19-32-68(62-44-51(3)41-52(4)45-62)73(67)59-25-14-26-60(46-59)74-69(76-65(57-23-15-27-63(47-57)81(7,8)9)29-18-30-66(76)58-24-16-28-64(48-58)82(10,11)12)37-39-71-78(74)84-80(85(71)79-53(5)20-13-21-54(79)6)70-38-36-56-35-34-55-22-17-33-72(86)75(55)77(56)83-70;/h13-33,36-45,47-48,86H,34-35H2,1-12H3;/q-1;. The molecule has 0 radical (unpaired) electrons. The number of phenols is 1. The van der Waals surface area contributed by atoms with Gasteiger partial charge in [0.05, 0.1) is 22.4 Å². The van der Waals surface area contributed by atoms with Crippen molar-refractivity contribution in [2.45, 2.75) is 107 Å². The monoisotopic (exact) mass is 1310 g/mol. The Balaban J connectivity index is 0.00000739. The van der Waals surface area contributed by atoms with Crippen LogP contribution in [-0.4, -0.2) is 19.6 Å². The fourth-order valence-electron chi connectivity index (χ4n) is 13.5. The minimum absolute atomic E-state index is 0. The maximum Gasteiger partial charge on any atom is 0.163 e.